The van der Waals surface area contributed by atoms with Crippen LogP contribution in [0.2, 0.25) is 0 Å². The highest BCUT2D eigenvalue weighted by Gasteiger charge is 2.28. The summed E-state index contributed by atoms with van der Waals surface area (Å²) in [6, 6.07) is -0.293. The lowest BCUT2D eigenvalue weighted by Gasteiger charge is -2.19. The molecule has 0 aliphatic rings. The number of hydrogen-bond acceptors (Lipinski definition) is 3. The van der Waals surface area contributed by atoms with E-state index in [0.717, 1.165) is 11.3 Å². The van der Waals surface area contributed by atoms with Crippen LogP contribution in [0.4, 0.5) is 13.2 Å². The van der Waals surface area contributed by atoms with Gasteiger partial charge in [-0.3, -0.25) is 9.59 Å². The Morgan fingerprint density at radius 2 is 1.95 bits per heavy atom. The summed E-state index contributed by atoms with van der Waals surface area (Å²) in [5, 5.41) is 1.70. The number of carbonyl (C=O) groups is 2. The van der Waals surface area contributed by atoms with E-state index in [2.05, 4.69) is 0 Å². The van der Waals surface area contributed by atoms with Gasteiger partial charge in [0, 0.05) is 19.5 Å². The number of rotatable bonds is 7. The Bertz CT molecular complexity index is 308. The number of nitrogens with one attached hydrogen (secondary N) is 1. The van der Waals surface area contributed by atoms with Gasteiger partial charge in [0.05, 0.1) is 6.54 Å². The molecule has 0 heterocycles. The minimum absolute atomic E-state index is 0.0802. The van der Waals surface area contributed by atoms with Crippen LogP contribution in [0.3, 0.4) is 0 Å². The summed E-state index contributed by atoms with van der Waals surface area (Å²) in [7, 11) is 1.36. The van der Waals surface area contributed by atoms with Crippen molar-refractivity contribution in [2.75, 3.05) is 20.1 Å². The molecular weight excluding hydrogens is 263 g/mol. The summed E-state index contributed by atoms with van der Waals surface area (Å²) in [6.45, 7) is 0.121. The highest BCUT2D eigenvalue weighted by atomic mass is 19.4. The number of halogens is 3. The average molecular weight is 283 g/mol. The number of amides is 2. The topological polar surface area (TPSA) is 75.4 Å². The normalized spacial score (nSPS) is 12.9. The van der Waals surface area contributed by atoms with Gasteiger partial charge in [0.2, 0.25) is 11.8 Å². The van der Waals surface area contributed by atoms with Crippen molar-refractivity contribution < 1.29 is 22.8 Å². The zero-order valence-corrected chi connectivity index (χ0v) is 11.1. The van der Waals surface area contributed by atoms with Crippen molar-refractivity contribution in [3.8, 4) is 0 Å². The van der Waals surface area contributed by atoms with Crippen molar-refractivity contribution >= 4 is 11.8 Å². The summed E-state index contributed by atoms with van der Waals surface area (Å²) in [4.78, 5) is 23.9. The van der Waals surface area contributed by atoms with Crippen molar-refractivity contribution in [2.24, 2.45) is 5.73 Å². The van der Waals surface area contributed by atoms with Gasteiger partial charge in [-0.2, -0.15) is 13.2 Å². The third kappa shape index (κ3) is 9.29. The van der Waals surface area contributed by atoms with Gasteiger partial charge >= 0.3 is 6.18 Å². The quantitative estimate of drug-likeness (QED) is 0.720. The zero-order valence-electron chi connectivity index (χ0n) is 11.1. The second-order valence-electron chi connectivity index (χ2n) is 4.39. The van der Waals surface area contributed by atoms with Crippen LogP contribution in [0, 0.1) is 0 Å². The maximum atomic E-state index is 11.9. The molecule has 0 aliphatic heterocycles. The number of alkyl halides is 3. The van der Waals surface area contributed by atoms with Crippen LogP contribution in [-0.4, -0.2) is 49.1 Å². The minimum atomic E-state index is -4.46. The molecule has 0 aliphatic carbocycles. The fraction of sp³-hybridized carbons (Fsp3) is 0.818. The fourth-order valence-electron chi connectivity index (χ4n) is 1.41. The molecule has 0 aromatic carbocycles. The molecule has 0 aromatic rings. The number of carbonyl (C=O) groups excluding carboxylic acids is 2. The summed E-state index contributed by atoms with van der Waals surface area (Å²) in [5.74, 6) is -1.21. The van der Waals surface area contributed by atoms with E-state index in [1.165, 1.54) is 7.05 Å². The smallest absolute Gasteiger partial charge is 0.345 e. The second kappa shape index (κ2) is 7.98. The van der Waals surface area contributed by atoms with Gasteiger partial charge in [0.15, 0.2) is 0 Å². The predicted octanol–water partition coefficient (Wildman–Crippen LogP) is 0.641. The van der Waals surface area contributed by atoms with E-state index in [1.807, 2.05) is 6.92 Å². The van der Waals surface area contributed by atoms with Crippen molar-refractivity contribution in [1.29, 1.82) is 0 Å². The summed E-state index contributed by atoms with van der Waals surface area (Å²) < 4.78 is 35.6. The van der Waals surface area contributed by atoms with Crippen LogP contribution < -0.4 is 11.1 Å². The van der Waals surface area contributed by atoms with Crippen LogP contribution in [-0.2, 0) is 9.59 Å². The molecule has 8 heteroatoms. The standard InChI is InChI=1S/C11H20F3N3O2/c1-3-4-8(15)5-10(19)17(2)6-9(18)16-7-11(12,13)14/h8H,3-7,15H2,1-2H3,(H,16,18). The summed E-state index contributed by atoms with van der Waals surface area (Å²) in [5.41, 5.74) is 5.67. The molecule has 19 heavy (non-hydrogen) atoms. The fourth-order valence-corrected chi connectivity index (χ4v) is 1.41. The number of hydrogen-bond donors (Lipinski definition) is 2. The van der Waals surface area contributed by atoms with Crippen molar-refractivity contribution in [1.82, 2.24) is 10.2 Å². The molecule has 0 rings (SSSR count). The largest absolute Gasteiger partial charge is 0.405 e. The molecule has 0 saturated carbocycles. The molecule has 112 valence electrons. The van der Waals surface area contributed by atoms with E-state index in [9.17, 15) is 22.8 Å². The molecule has 0 bridgehead atoms. The third-order valence-corrected chi connectivity index (χ3v) is 2.39. The van der Waals surface area contributed by atoms with E-state index < -0.39 is 25.2 Å². The molecule has 5 nitrogen and oxygen atoms in total. The van der Waals surface area contributed by atoms with Crippen LogP contribution in [0.5, 0.6) is 0 Å². The van der Waals surface area contributed by atoms with Crippen LogP contribution in [0.15, 0.2) is 0 Å². The van der Waals surface area contributed by atoms with Gasteiger partial charge in [-0.25, -0.2) is 0 Å². The Hall–Kier alpha value is -1.31. The Labute approximate surface area is 110 Å². The van der Waals surface area contributed by atoms with E-state index in [-0.39, 0.29) is 18.4 Å². The molecule has 0 saturated heterocycles. The minimum Gasteiger partial charge on any atom is -0.345 e. The van der Waals surface area contributed by atoms with Crippen molar-refractivity contribution in [3.05, 3.63) is 0 Å². The maximum absolute atomic E-state index is 11.9. The molecule has 1 atom stereocenters. The highest BCUT2D eigenvalue weighted by Crippen LogP contribution is 2.12. The Kier molecular flexibility index (Phi) is 7.43. The van der Waals surface area contributed by atoms with Crippen LogP contribution in [0.1, 0.15) is 26.2 Å². The predicted molar refractivity (Wildman–Crippen MR) is 64.2 cm³/mol. The first kappa shape index (κ1) is 17.7. The molecular formula is C11H20F3N3O2. The zero-order chi connectivity index (χ0) is 15.1. The second-order valence-corrected chi connectivity index (χ2v) is 4.39. The van der Waals surface area contributed by atoms with E-state index >= 15 is 0 Å². The van der Waals surface area contributed by atoms with E-state index in [1.54, 1.807) is 5.32 Å². The lowest BCUT2D eigenvalue weighted by atomic mass is 10.1. The lowest BCUT2D eigenvalue weighted by molar-refractivity contribution is -0.141. The molecule has 0 spiro atoms. The SMILES string of the molecule is CCCC(N)CC(=O)N(C)CC(=O)NCC(F)(F)F. The number of nitrogens with zero attached hydrogens (tertiary/aromatic N) is 1. The lowest BCUT2D eigenvalue weighted by Crippen LogP contribution is -2.42. The van der Waals surface area contributed by atoms with E-state index in [0.29, 0.717) is 6.42 Å². The number of likely N-dealkylation sites (N-methyl/N-ethyl adjacent to an activating group) is 1. The Balaban J connectivity index is 4.04. The molecule has 0 aromatic heterocycles. The molecule has 0 radical (unpaired) electrons. The monoisotopic (exact) mass is 283 g/mol. The van der Waals surface area contributed by atoms with Gasteiger partial charge in [-0.1, -0.05) is 13.3 Å². The third-order valence-electron chi connectivity index (χ3n) is 2.39. The Morgan fingerprint density at radius 1 is 1.37 bits per heavy atom. The first-order valence-electron chi connectivity index (χ1n) is 5.98. The first-order chi connectivity index (χ1) is 8.65. The average Bonchev–Trinajstić information content (AvgIpc) is 2.25. The molecule has 2 amide bonds. The van der Waals surface area contributed by atoms with Crippen molar-refractivity contribution in [3.63, 3.8) is 0 Å². The maximum Gasteiger partial charge on any atom is 0.405 e. The number of nitrogens with two attached hydrogens (primary N) is 1. The summed E-state index contributed by atoms with van der Waals surface area (Å²) >= 11 is 0. The van der Waals surface area contributed by atoms with Crippen molar-refractivity contribution in [2.45, 2.75) is 38.4 Å². The molecule has 0 fully saturated rings. The first-order valence-corrected chi connectivity index (χ1v) is 5.98. The Morgan fingerprint density at radius 3 is 2.42 bits per heavy atom. The van der Waals surface area contributed by atoms with Gasteiger partial charge in [-0.15, -0.1) is 0 Å². The summed E-state index contributed by atoms with van der Waals surface area (Å²) in [6.07, 6.45) is -2.86. The molecule has 3 N–H and O–H groups in total. The van der Waals surface area contributed by atoms with Gasteiger partial charge in [-0.05, 0) is 6.42 Å². The molecule has 1 unspecified atom stereocenters. The van der Waals surface area contributed by atoms with Crippen LogP contribution >= 0.6 is 0 Å². The van der Waals surface area contributed by atoms with Gasteiger partial charge < -0.3 is 16.0 Å². The van der Waals surface area contributed by atoms with Gasteiger partial charge in [0.25, 0.3) is 0 Å². The highest BCUT2D eigenvalue weighted by molar-refractivity contribution is 5.84. The van der Waals surface area contributed by atoms with E-state index in [4.69, 9.17) is 5.73 Å². The van der Waals surface area contributed by atoms with Gasteiger partial charge in [0.1, 0.15) is 6.54 Å². The van der Waals surface area contributed by atoms with Crippen LogP contribution in [0.25, 0.3) is 0 Å².